The molecule has 1 saturated carbocycles. The molecule has 0 unspecified atom stereocenters. The summed E-state index contributed by atoms with van der Waals surface area (Å²) in [6, 6.07) is 0. The van der Waals surface area contributed by atoms with Gasteiger partial charge in [0.25, 0.3) is 0 Å². The van der Waals surface area contributed by atoms with Crippen molar-refractivity contribution in [3.8, 4) is 0 Å². The maximum atomic E-state index is 11.9. The van der Waals surface area contributed by atoms with Crippen LogP contribution in [0.15, 0.2) is 0 Å². The molecule has 0 spiro atoms. The van der Waals surface area contributed by atoms with Crippen molar-refractivity contribution in [2.24, 2.45) is 22.7 Å². The van der Waals surface area contributed by atoms with Crippen molar-refractivity contribution >= 4 is 5.91 Å². The molecule has 0 aromatic carbocycles. The summed E-state index contributed by atoms with van der Waals surface area (Å²) < 4.78 is 0. The minimum atomic E-state index is 0.162. The Hall–Kier alpha value is -0.570. The Morgan fingerprint density at radius 3 is 2.13 bits per heavy atom. The van der Waals surface area contributed by atoms with Crippen LogP contribution in [0.5, 0.6) is 0 Å². The number of rotatable bonds is 3. The van der Waals surface area contributed by atoms with Crippen molar-refractivity contribution in [3.63, 3.8) is 0 Å². The molecule has 0 aromatic rings. The Labute approximate surface area is 92.0 Å². The van der Waals surface area contributed by atoms with Crippen molar-refractivity contribution in [3.05, 3.63) is 0 Å². The third-order valence-electron chi connectivity index (χ3n) is 4.71. The molecule has 3 heteroatoms. The van der Waals surface area contributed by atoms with Crippen LogP contribution in [-0.4, -0.2) is 25.5 Å². The van der Waals surface area contributed by atoms with Crippen LogP contribution in [0.4, 0.5) is 0 Å². The highest BCUT2D eigenvalue weighted by molar-refractivity contribution is 5.84. The molecule has 15 heavy (non-hydrogen) atoms. The second kappa shape index (κ2) is 3.21. The van der Waals surface area contributed by atoms with Gasteiger partial charge in [0, 0.05) is 31.5 Å². The van der Waals surface area contributed by atoms with Gasteiger partial charge in [-0.25, -0.2) is 0 Å². The van der Waals surface area contributed by atoms with E-state index in [1.165, 1.54) is 0 Å². The predicted molar refractivity (Wildman–Crippen MR) is 60.4 cm³/mol. The largest absolute Gasteiger partial charge is 0.355 e. The lowest BCUT2D eigenvalue weighted by atomic mass is 10.0. The van der Waals surface area contributed by atoms with Crippen molar-refractivity contribution in [2.75, 3.05) is 19.6 Å². The maximum absolute atomic E-state index is 11.9. The zero-order valence-corrected chi connectivity index (χ0v) is 10.2. The van der Waals surface area contributed by atoms with E-state index in [0.29, 0.717) is 5.92 Å². The lowest BCUT2D eigenvalue weighted by Gasteiger charge is -2.27. The molecule has 86 valence electrons. The zero-order valence-electron chi connectivity index (χ0n) is 10.2. The van der Waals surface area contributed by atoms with Gasteiger partial charge in [0.05, 0.1) is 0 Å². The number of hydrogen-bond acceptors (Lipinski definition) is 2. The van der Waals surface area contributed by atoms with E-state index in [9.17, 15) is 4.79 Å². The van der Waals surface area contributed by atoms with E-state index in [-0.39, 0.29) is 22.7 Å². The summed E-state index contributed by atoms with van der Waals surface area (Å²) >= 11 is 0. The molecule has 0 bridgehead atoms. The summed E-state index contributed by atoms with van der Waals surface area (Å²) in [6.45, 7) is 11.7. The zero-order chi connectivity index (χ0) is 11.3. The fourth-order valence-corrected chi connectivity index (χ4v) is 2.69. The van der Waals surface area contributed by atoms with Gasteiger partial charge in [-0.1, -0.05) is 27.7 Å². The second-order valence-corrected chi connectivity index (χ2v) is 6.15. The molecule has 1 amide bonds. The molecule has 0 atom stereocenters. The van der Waals surface area contributed by atoms with Crippen LogP contribution in [0, 0.1) is 22.7 Å². The van der Waals surface area contributed by atoms with Crippen LogP contribution in [0.25, 0.3) is 0 Å². The van der Waals surface area contributed by atoms with Crippen molar-refractivity contribution in [1.29, 1.82) is 0 Å². The van der Waals surface area contributed by atoms with Crippen molar-refractivity contribution in [1.82, 2.24) is 10.6 Å². The molecule has 3 nitrogen and oxygen atoms in total. The van der Waals surface area contributed by atoms with E-state index in [4.69, 9.17) is 0 Å². The number of hydrogen-bond donors (Lipinski definition) is 2. The van der Waals surface area contributed by atoms with Gasteiger partial charge in [0.1, 0.15) is 0 Å². The number of carbonyl (C=O) groups excluding carboxylic acids is 1. The van der Waals surface area contributed by atoms with Gasteiger partial charge >= 0.3 is 0 Å². The Bertz CT molecular complexity index is 265. The van der Waals surface area contributed by atoms with E-state index < -0.39 is 0 Å². The molecule has 1 saturated heterocycles. The molecule has 2 aliphatic rings. The van der Waals surface area contributed by atoms with Crippen molar-refractivity contribution in [2.45, 2.75) is 27.7 Å². The van der Waals surface area contributed by atoms with Gasteiger partial charge in [-0.3, -0.25) is 4.79 Å². The molecule has 1 aliphatic carbocycles. The van der Waals surface area contributed by atoms with E-state index in [2.05, 4.69) is 38.3 Å². The normalized spacial score (nSPS) is 28.3. The quantitative estimate of drug-likeness (QED) is 0.730. The molecule has 2 fully saturated rings. The third-order valence-corrected chi connectivity index (χ3v) is 4.71. The first-order valence-corrected chi connectivity index (χ1v) is 5.86. The van der Waals surface area contributed by atoms with Crippen LogP contribution >= 0.6 is 0 Å². The molecule has 1 aliphatic heterocycles. The average molecular weight is 210 g/mol. The fraction of sp³-hybridized carbons (Fsp3) is 0.917. The molecule has 0 aromatic heterocycles. The third kappa shape index (κ3) is 1.57. The summed E-state index contributed by atoms with van der Waals surface area (Å²) in [7, 11) is 0. The summed E-state index contributed by atoms with van der Waals surface area (Å²) in [5, 5.41) is 6.29. The summed E-state index contributed by atoms with van der Waals surface area (Å²) in [6.07, 6.45) is 0. The summed E-state index contributed by atoms with van der Waals surface area (Å²) in [5.41, 5.74) is 0.323. The van der Waals surface area contributed by atoms with Gasteiger partial charge in [0.15, 0.2) is 0 Å². The standard InChI is InChI=1S/C12H22N2O/c1-11(2)9(12(11,3)4)10(15)14-7-8-5-13-6-8/h8-9,13H,5-7H2,1-4H3,(H,14,15). The highest BCUT2D eigenvalue weighted by Gasteiger charge is 2.68. The van der Waals surface area contributed by atoms with Crippen LogP contribution in [-0.2, 0) is 4.79 Å². The SMILES string of the molecule is CC1(C)C(C(=O)NCC2CNC2)C1(C)C. The summed E-state index contributed by atoms with van der Waals surface area (Å²) in [5.74, 6) is 1.09. The number of nitrogens with one attached hydrogen (secondary N) is 2. The van der Waals surface area contributed by atoms with Crippen molar-refractivity contribution < 1.29 is 4.79 Å². The fourth-order valence-electron chi connectivity index (χ4n) is 2.69. The van der Waals surface area contributed by atoms with Gasteiger partial charge < -0.3 is 10.6 Å². The summed E-state index contributed by atoms with van der Waals surface area (Å²) in [4.78, 5) is 11.9. The lowest BCUT2D eigenvalue weighted by molar-refractivity contribution is -0.123. The monoisotopic (exact) mass is 210 g/mol. The predicted octanol–water partition coefficient (Wildman–Crippen LogP) is 1.00. The van der Waals surface area contributed by atoms with Gasteiger partial charge in [0.2, 0.25) is 5.91 Å². The minimum absolute atomic E-state index is 0.162. The van der Waals surface area contributed by atoms with Gasteiger partial charge in [-0.15, -0.1) is 0 Å². The lowest BCUT2D eigenvalue weighted by Crippen LogP contribution is -2.48. The number of amides is 1. The average Bonchev–Trinajstić information content (AvgIpc) is 2.39. The molecular weight excluding hydrogens is 188 g/mol. The molecule has 0 radical (unpaired) electrons. The van der Waals surface area contributed by atoms with Crippen LogP contribution < -0.4 is 10.6 Å². The second-order valence-electron chi connectivity index (χ2n) is 6.15. The molecule has 2 N–H and O–H groups in total. The first-order valence-electron chi connectivity index (χ1n) is 5.86. The minimum Gasteiger partial charge on any atom is -0.355 e. The van der Waals surface area contributed by atoms with Gasteiger partial charge in [-0.05, 0) is 10.8 Å². The topological polar surface area (TPSA) is 41.1 Å². The first-order chi connectivity index (χ1) is 6.87. The molecule has 2 rings (SSSR count). The highest BCUT2D eigenvalue weighted by atomic mass is 16.2. The maximum Gasteiger partial charge on any atom is 0.224 e. The Kier molecular flexibility index (Phi) is 2.34. The van der Waals surface area contributed by atoms with E-state index >= 15 is 0 Å². The Morgan fingerprint density at radius 1 is 1.27 bits per heavy atom. The van der Waals surface area contributed by atoms with Gasteiger partial charge in [-0.2, -0.15) is 0 Å². The first kappa shape index (κ1) is 10.9. The highest BCUT2D eigenvalue weighted by Crippen LogP contribution is 2.68. The molecular formula is C12H22N2O. The van der Waals surface area contributed by atoms with Crippen LogP contribution in [0.2, 0.25) is 0 Å². The number of carbonyl (C=O) groups is 1. The van der Waals surface area contributed by atoms with E-state index in [1.807, 2.05) is 0 Å². The van der Waals surface area contributed by atoms with E-state index in [1.54, 1.807) is 0 Å². The van der Waals surface area contributed by atoms with E-state index in [0.717, 1.165) is 19.6 Å². The molecule has 1 heterocycles. The van der Waals surface area contributed by atoms with Crippen LogP contribution in [0.3, 0.4) is 0 Å². The van der Waals surface area contributed by atoms with Crippen LogP contribution in [0.1, 0.15) is 27.7 Å². The Balaban J connectivity index is 1.82. The smallest absolute Gasteiger partial charge is 0.224 e. The Morgan fingerprint density at radius 2 is 1.80 bits per heavy atom.